The van der Waals surface area contributed by atoms with Crippen molar-refractivity contribution in [1.29, 1.82) is 0 Å². The summed E-state index contributed by atoms with van der Waals surface area (Å²) >= 11 is 0. The molecule has 2 fully saturated rings. The minimum atomic E-state index is 0.0831. The van der Waals surface area contributed by atoms with E-state index in [1.807, 2.05) is 12.3 Å². The van der Waals surface area contributed by atoms with Gasteiger partial charge in [-0.2, -0.15) is 4.98 Å². The highest BCUT2D eigenvalue weighted by molar-refractivity contribution is 5.28. The highest BCUT2D eigenvalue weighted by Crippen LogP contribution is 2.54. The lowest BCUT2D eigenvalue weighted by Gasteiger charge is -2.29. The van der Waals surface area contributed by atoms with E-state index in [0.717, 1.165) is 31.2 Å². The van der Waals surface area contributed by atoms with E-state index in [9.17, 15) is 0 Å². The molecule has 2 aromatic rings. The SMILES string of the molecule is CC(C)(C)[C@H]1OCC[C@@H]1c1noc(C2CC2c2cccnc2)n1. The van der Waals surface area contributed by atoms with Crippen LogP contribution in [0.4, 0.5) is 0 Å². The van der Waals surface area contributed by atoms with Gasteiger partial charge in [-0.25, -0.2) is 0 Å². The monoisotopic (exact) mass is 313 g/mol. The van der Waals surface area contributed by atoms with Crippen LogP contribution < -0.4 is 0 Å². The Morgan fingerprint density at radius 1 is 1.17 bits per heavy atom. The molecule has 0 amide bonds. The van der Waals surface area contributed by atoms with Crippen LogP contribution in [0, 0.1) is 5.41 Å². The molecular weight excluding hydrogens is 290 g/mol. The molecule has 5 nitrogen and oxygen atoms in total. The van der Waals surface area contributed by atoms with E-state index in [2.05, 4.69) is 37.0 Å². The Bertz CT molecular complexity index is 677. The second-order valence-corrected chi connectivity index (χ2v) is 7.78. The van der Waals surface area contributed by atoms with Crippen molar-refractivity contribution in [2.45, 2.75) is 57.5 Å². The number of hydrogen-bond acceptors (Lipinski definition) is 5. The molecule has 1 aliphatic carbocycles. The summed E-state index contributed by atoms with van der Waals surface area (Å²) in [6, 6.07) is 4.10. The lowest BCUT2D eigenvalue weighted by Crippen LogP contribution is -2.30. The maximum atomic E-state index is 5.93. The zero-order chi connectivity index (χ0) is 16.0. The van der Waals surface area contributed by atoms with E-state index in [4.69, 9.17) is 14.2 Å². The van der Waals surface area contributed by atoms with Crippen LogP contribution in [0.5, 0.6) is 0 Å². The molecule has 0 spiro atoms. The van der Waals surface area contributed by atoms with Crippen molar-refractivity contribution in [2.24, 2.45) is 5.41 Å². The number of hydrogen-bond donors (Lipinski definition) is 0. The third kappa shape index (κ3) is 2.78. The van der Waals surface area contributed by atoms with E-state index in [0.29, 0.717) is 11.8 Å². The van der Waals surface area contributed by atoms with Crippen molar-refractivity contribution in [3.8, 4) is 0 Å². The second kappa shape index (κ2) is 5.41. The van der Waals surface area contributed by atoms with E-state index < -0.39 is 0 Å². The molecule has 4 atom stereocenters. The molecule has 0 bridgehead atoms. The van der Waals surface area contributed by atoms with Crippen molar-refractivity contribution in [2.75, 3.05) is 6.61 Å². The van der Waals surface area contributed by atoms with Crippen molar-refractivity contribution in [3.05, 3.63) is 41.8 Å². The van der Waals surface area contributed by atoms with Crippen LogP contribution in [-0.2, 0) is 4.74 Å². The largest absolute Gasteiger partial charge is 0.377 e. The molecule has 0 N–H and O–H groups in total. The summed E-state index contributed by atoms with van der Waals surface area (Å²) in [6.45, 7) is 7.39. The Morgan fingerprint density at radius 3 is 2.78 bits per heavy atom. The summed E-state index contributed by atoms with van der Waals surface area (Å²) in [6.07, 6.45) is 5.93. The molecular formula is C18H23N3O2. The highest BCUT2D eigenvalue weighted by Gasteiger charge is 2.45. The normalized spacial score (nSPS) is 30.6. The quantitative estimate of drug-likeness (QED) is 0.865. The maximum absolute atomic E-state index is 5.93. The van der Waals surface area contributed by atoms with Crippen LogP contribution in [0.1, 0.15) is 68.6 Å². The first-order chi connectivity index (χ1) is 11.0. The van der Waals surface area contributed by atoms with E-state index in [1.165, 1.54) is 5.56 Å². The number of aromatic nitrogens is 3. The van der Waals surface area contributed by atoms with Crippen molar-refractivity contribution >= 4 is 0 Å². The van der Waals surface area contributed by atoms with Crippen LogP contribution in [-0.4, -0.2) is 27.8 Å². The van der Waals surface area contributed by atoms with E-state index >= 15 is 0 Å². The highest BCUT2D eigenvalue weighted by atomic mass is 16.5. The summed E-state index contributed by atoms with van der Waals surface area (Å²) in [5, 5.41) is 4.27. The average molecular weight is 313 g/mol. The van der Waals surface area contributed by atoms with Gasteiger partial charge in [0.15, 0.2) is 5.82 Å². The van der Waals surface area contributed by atoms with Gasteiger partial charge in [-0.3, -0.25) is 4.98 Å². The van der Waals surface area contributed by atoms with Gasteiger partial charge in [0.1, 0.15) is 0 Å². The van der Waals surface area contributed by atoms with E-state index in [-0.39, 0.29) is 17.4 Å². The smallest absolute Gasteiger partial charge is 0.230 e. The molecule has 1 saturated heterocycles. The fraction of sp³-hybridized carbons (Fsp3) is 0.611. The van der Waals surface area contributed by atoms with Gasteiger partial charge in [0.05, 0.1) is 12.0 Å². The molecule has 0 aromatic carbocycles. The molecule has 2 unspecified atom stereocenters. The fourth-order valence-electron chi connectivity index (χ4n) is 3.69. The van der Waals surface area contributed by atoms with Gasteiger partial charge in [0.2, 0.25) is 5.89 Å². The summed E-state index contributed by atoms with van der Waals surface area (Å²) in [5.41, 5.74) is 1.34. The Morgan fingerprint density at radius 2 is 2.04 bits per heavy atom. The van der Waals surface area contributed by atoms with E-state index in [1.54, 1.807) is 6.20 Å². The van der Waals surface area contributed by atoms with Crippen LogP contribution in [0.15, 0.2) is 29.0 Å². The third-order valence-corrected chi connectivity index (χ3v) is 4.95. The predicted octanol–water partition coefficient (Wildman–Crippen LogP) is 3.65. The second-order valence-electron chi connectivity index (χ2n) is 7.78. The average Bonchev–Trinajstić information content (AvgIpc) is 2.97. The summed E-state index contributed by atoms with van der Waals surface area (Å²) < 4.78 is 11.5. The molecule has 122 valence electrons. The number of ether oxygens (including phenoxy) is 1. The third-order valence-electron chi connectivity index (χ3n) is 4.95. The standard InChI is InChI=1S/C18H23N3O2/c1-18(2,3)15-12(6-8-22-15)16-20-17(23-21-16)14-9-13(14)11-5-4-7-19-10-11/h4-5,7,10,12-15H,6,8-9H2,1-3H3/t12-,13?,14?,15-/m0/s1. The van der Waals surface area contributed by atoms with Crippen molar-refractivity contribution in [3.63, 3.8) is 0 Å². The van der Waals surface area contributed by atoms with Crippen LogP contribution in [0.3, 0.4) is 0 Å². The molecule has 3 heterocycles. The molecule has 1 saturated carbocycles. The van der Waals surface area contributed by atoms with Gasteiger partial charge in [-0.15, -0.1) is 0 Å². The van der Waals surface area contributed by atoms with Gasteiger partial charge >= 0.3 is 0 Å². The summed E-state index contributed by atoms with van der Waals surface area (Å²) in [5.74, 6) is 2.64. The molecule has 2 aliphatic rings. The van der Waals surface area contributed by atoms with Crippen LogP contribution >= 0.6 is 0 Å². The minimum Gasteiger partial charge on any atom is -0.377 e. The number of nitrogens with zero attached hydrogens (tertiary/aromatic N) is 3. The number of pyridine rings is 1. The zero-order valence-corrected chi connectivity index (χ0v) is 13.9. The first-order valence-electron chi connectivity index (χ1n) is 8.39. The van der Waals surface area contributed by atoms with Crippen LogP contribution in [0.25, 0.3) is 0 Å². The van der Waals surface area contributed by atoms with Crippen LogP contribution in [0.2, 0.25) is 0 Å². The zero-order valence-electron chi connectivity index (χ0n) is 13.9. The Balaban J connectivity index is 1.50. The van der Waals surface area contributed by atoms with Gasteiger partial charge in [-0.05, 0) is 35.8 Å². The van der Waals surface area contributed by atoms with Gasteiger partial charge in [0, 0.05) is 24.9 Å². The lowest BCUT2D eigenvalue weighted by molar-refractivity contribution is 0.0193. The minimum absolute atomic E-state index is 0.0831. The topological polar surface area (TPSA) is 61.0 Å². The Hall–Kier alpha value is -1.75. The Kier molecular flexibility index (Phi) is 3.48. The fourth-order valence-corrected chi connectivity index (χ4v) is 3.69. The first-order valence-corrected chi connectivity index (χ1v) is 8.39. The molecule has 23 heavy (non-hydrogen) atoms. The summed E-state index contributed by atoms with van der Waals surface area (Å²) in [7, 11) is 0. The lowest BCUT2D eigenvalue weighted by atomic mass is 9.81. The van der Waals surface area contributed by atoms with Gasteiger partial charge in [0.25, 0.3) is 0 Å². The molecule has 0 radical (unpaired) electrons. The number of rotatable bonds is 3. The Labute approximate surface area is 136 Å². The molecule has 5 heteroatoms. The van der Waals surface area contributed by atoms with Gasteiger partial charge in [-0.1, -0.05) is 32.0 Å². The first kappa shape index (κ1) is 14.8. The molecule has 4 rings (SSSR count). The maximum Gasteiger partial charge on any atom is 0.230 e. The van der Waals surface area contributed by atoms with Crippen molar-refractivity contribution in [1.82, 2.24) is 15.1 Å². The van der Waals surface area contributed by atoms with Gasteiger partial charge < -0.3 is 9.26 Å². The predicted molar refractivity (Wildman–Crippen MR) is 85.2 cm³/mol. The molecule has 1 aliphatic heterocycles. The molecule has 2 aromatic heterocycles. The van der Waals surface area contributed by atoms with Crippen molar-refractivity contribution < 1.29 is 9.26 Å². The summed E-state index contributed by atoms with van der Waals surface area (Å²) in [4.78, 5) is 8.91.